The smallest absolute Gasteiger partial charge is 0.460 e. The van der Waals surface area contributed by atoms with Gasteiger partial charge in [-0.25, -0.2) is 0 Å². The van der Waals surface area contributed by atoms with Gasteiger partial charge in [-0.3, -0.25) is 14.4 Å². The van der Waals surface area contributed by atoms with Crippen LogP contribution < -0.4 is 20.7 Å². The number of carbonyl (C=O) groups excluding carboxylic acids is 3. The van der Waals surface area contributed by atoms with Crippen LogP contribution in [0, 0.1) is 20.8 Å². The number of rotatable bonds is 25. The zero-order valence-electron chi connectivity index (χ0n) is 39.1. The van der Waals surface area contributed by atoms with Crippen LogP contribution in [0.2, 0.25) is 0 Å². The average Bonchev–Trinajstić information content (AvgIpc) is 3.30. The Morgan fingerprint density at radius 1 is 0.767 bits per heavy atom. The number of amides is 3. The van der Waals surface area contributed by atoms with E-state index >= 15 is 0 Å². The number of phenols is 1. The van der Waals surface area contributed by atoms with Crippen LogP contribution in [0.1, 0.15) is 74.1 Å². The van der Waals surface area contributed by atoms with Crippen molar-refractivity contribution >= 4 is 17.7 Å². The van der Waals surface area contributed by atoms with Crippen molar-refractivity contribution in [1.29, 1.82) is 0 Å². The molecular formula is C42H58F13N3O15. The van der Waals surface area contributed by atoms with E-state index in [0.29, 0.717) is 35.3 Å². The van der Waals surface area contributed by atoms with Crippen molar-refractivity contribution in [3.63, 3.8) is 0 Å². The van der Waals surface area contributed by atoms with Gasteiger partial charge in [-0.2, -0.15) is 57.1 Å². The summed E-state index contributed by atoms with van der Waals surface area (Å²) in [7, 11) is 0. The van der Waals surface area contributed by atoms with E-state index in [2.05, 4.69) is 5.32 Å². The number of unbranched alkanes of at least 4 members (excludes halogenated alkanes) is 1. The number of hydrogen-bond acceptors (Lipinski definition) is 15. The molecule has 11 atom stereocenters. The number of benzene rings is 1. The minimum atomic E-state index is -8.18. The standard InChI is InChI=1S/C42H58F13N3O15/c1-17-18(2)32-21(19(3)26(17)63)8-9-36(4,73-32)14-25(62)56-11-6-5-7-22(33(69)57-12-10-37(43,44)38(45,46)39(47,48)40(49,50)41(51,52)42(53,54)55)58-34(70)30(67)27(64)23(13-20(61)15-59)71-35-31(68)29(66)28(65)24(16-60)72-35/h20,22-24,27-31,35,59-61,63-68H,5-16H2,1-4H3,(H,56,62)(H,57,69)(H,58,70)/t20-,22?,23+,24+,27+,28-,29-,30+,31+,35+,36?/m0/s1. The predicted molar refractivity (Wildman–Crippen MR) is 220 cm³/mol. The van der Waals surface area contributed by atoms with Gasteiger partial charge < -0.3 is 76.1 Å². The zero-order valence-corrected chi connectivity index (χ0v) is 39.1. The van der Waals surface area contributed by atoms with Crippen molar-refractivity contribution in [2.45, 2.75) is 182 Å². The van der Waals surface area contributed by atoms with Gasteiger partial charge >= 0.3 is 35.8 Å². The molecule has 3 rings (SSSR count). The number of aromatic hydroxyl groups is 1. The molecule has 3 amide bonds. The highest BCUT2D eigenvalue weighted by molar-refractivity contribution is 5.89. The SMILES string of the molecule is Cc1c(C)c2c(c(C)c1O)CCC(C)(CC(=O)NCCCCC(NC(=O)[C@H](O)[C@H](O)[C@@H](C[C@H](O)CO)O[C@@H]1O[C@H](CO)[C@H](O)[C@H](O)[C@H]1O)C(=O)NCCC(F)(F)C(F)(F)C(F)(F)C(F)(F)C(F)(F)C(F)(F)F)O2. The molecule has 422 valence electrons. The van der Waals surface area contributed by atoms with Crippen LogP contribution in [0.15, 0.2) is 0 Å². The summed E-state index contributed by atoms with van der Waals surface area (Å²) in [5.41, 5.74) is 1.51. The van der Waals surface area contributed by atoms with Crippen molar-refractivity contribution in [2.24, 2.45) is 0 Å². The summed E-state index contributed by atoms with van der Waals surface area (Å²) in [6.07, 6.45) is -31.3. The molecule has 2 aliphatic heterocycles. The number of phenolic OH excluding ortho intramolecular Hbond substituents is 1. The van der Waals surface area contributed by atoms with Crippen LogP contribution in [-0.2, 0) is 30.3 Å². The van der Waals surface area contributed by atoms with Crippen molar-refractivity contribution in [1.82, 2.24) is 16.0 Å². The maximum Gasteiger partial charge on any atom is 0.460 e. The van der Waals surface area contributed by atoms with Gasteiger partial charge in [0.05, 0.1) is 31.8 Å². The van der Waals surface area contributed by atoms with E-state index < -0.39 is 159 Å². The van der Waals surface area contributed by atoms with E-state index in [1.54, 1.807) is 27.7 Å². The lowest BCUT2D eigenvalue weighted by Crippen LogP contribution is -2.70. The molecule has 73 heavy (non-hydrogen) atoms. The molecule has 1 saturated heterocycles. The quantitative estimate of drug-likeness (QED) is 0.0488. The molecule has 2 unspecified atom stereocenters. The van der Waals surface area contributed by atoms with E-state index in [4.69, 9.17) is 14.2 Å². The first-order chi connectivity index (χ1) is 33.3. The number of aliphatic hydroxyl groups is 8. The van der Waals surface area contributed by atoms with Crippen LogP contribution >= 0.6 is 0 Å². The summed E-state index contributed by atoms with van der Waals surface area (Å²) in [5, 5.41) is 97.6. The molecule has 1 aromatic carbocycles. The molecule has 2 heterocycles. The highest BCUT2D eigenvalue weighted by atomic mass is 19.4. The van der Waals surface area contributed by atoms with Gasteiger partial charge in [-0.15, -0.1) is 0 Å². The first-order valence-electron chi connectivity index (χ1n) is 22.2. The third-order valence-electron chi connectivity index (χ3n) is 12.6. The van der Waals surface area contributed by atoms with Crippen LogP contribution in [0.3, 0.4) is 0 Å². The Kier molecular flexibility index (Phi) is 20.7. The van der Waals surface area contributed by atoms with Gasteiger partial charge in [0.15, 0.2) is 12.4 Å². The number of halogens is 13. The lowest BCUT2D eigenvalue weighted by molar-refractivity contribution is -0.440. The third-order valence-corrected chi connectivity index (χ3v) is 12.6. The Balaban J connectivity index is 1.80. The van der Waals surface area contributed by atoms with Gasteiger partial charge in [-0.05, 0) is 76.5 Å². The Labute approximate surface area is 406 Å². The monoisotopic (exact) mass is 1090 g/mol. The first-order valence-corrected chi connectivity index (χ1v) is 22.2. The van der Waals surface area contributed by atoms with E-state index in [9.17, 15) is 117 Å². The molecule has 0 aromatic heterocycles. The maximum absolute atomic E-state index is 14.6. The number of aliphatic hydroxyl groups excluding tert-OH is 8. The van der Waals surface area contributed by atoms with E-state index in [-0.39, 0.29) is 31.6 Å². The number of carbonyl (C=O) groups is 3. The lowest BCUT2D eigenvalue weighted by atomic mass is 9.85. The second-order valence-corrected chi connectivity index (χ2v) is 18.1. The Bertz CT molecular complexity index is 2070. The molecule has 31 heteroatoms. The molecule has 1 fully saturated rings. The number of nitrogens with one attached hydrogen (secondary N) is 3. The fourth-order valence-corrected chi connectivity index (χ4v) is 7.80. The maximum atomic E-state index is 14.6. The van der Waals surface area contributed by atoms with Gasteiger partial charge in [0, 0.05) is 31.5 Å². The van der Waals surface area contributed by atoms with Crippen molar-refractivity contribution in [3.8, 4) is 11.5 Å². The normalized spacial score (nSPS) is 24.4. The van der Waals surface area contributed by atoms with Crippen LogP contribution in [0.4, 0.5) is 57.1 Å². The van der Waals surface area contributed by atoms with Crippen molar-refractivity contribution in [2.75, 3.05) is 26.3 Å². The zero-order chi connectivity index (χ0) is 56.2. The molecule has 2 aliphatic rings. The lowest BCUT2D eigenvalue weighted by Gasteiger charge is -2.41. The average molecular weight is 1090 g/mol. The summed E-state index contributed by atoms with van der Waals surface area (Å²) in [6.45, 7) is 2.51. The topological polar surface area (TPSA) is 297 Å². The largest absolute Gasteiger partial charge is 0.507 e. The summed E-state index contributed by atoms with van der Waals surface area (Å²) in [6, 6.07) is -2.16. The molecule has 12 N–H and O–H groups in total. The van der Waals surface area contributed by atoms with Crippen molar-refractivity contribution in [3.05, 3.63) is 22.3 Å². The molecule has 0 spiro atoms. The summed E-state index contributed by atoms with van der Waals surface area (Å²) < 4.78 is 194. The fraction of sp³-hybridized carbons (Fsp3) is 0.786. The predicted octanol–water partition coefficient (Wildman–Crippen LogP) is 1.46. The second kappa shape index (κ2) is 23.9. The molecule has 0 radical (unpaired) electrons. The number of hydrogen-bond donors (Lipinski definition) is 12. The minimum absolute atomic E-state index is 0.0963. The van der Waals surface area contributed by atoms with Crippen molar-refractivity contribution < 1.29 is 132 Å². The van der Waals surface area contributed by atoms with Crippen LogP contribution in [-0.4, -0.2) is 193 Å². The Morgan fingerprint density at radius 3 is 1.92 bits per heavy atom. The molecule has 0 bridgehead atoms. The third kappa shape index (κ3) is 13.5. The highest BCUT2D eigenvalue weighted by Gasteiger charge is 2.90. The molecular weight excluding hydrogens is 1030 g/mol. The number of alkyl halides is 13. The highest BCUT2D eigenvalue weighted by Crippen LogP contribution is 2.60. The molecule has 0 saturated carbocycles. The Hall–Kier alpha value is -4.08. The number of ether oxygens (including phenoxy) is 3. The van der Waals surface area contributed by atoms with E-state index in [1.165, 1.54) is 5.32 Å². The minimum Gasteiger partial charge on any atom is -0.507 e. The van der Waals surface area contributed by atoms with Gasteiger partial charge in [-0.1, -0.05) is 0 Å². The first kappa shape index (κ1) is 63.2. The van der Waals surface area contributed by atoms with Gasteiger partial charge in [0.1, 0.15) is 53.7 Å². The second-order valence-electron chi connectivity index (χ2n) is 18.1. The molecule has 1 aromatic rings. The van der Waals surface area contributed by atoms with Gasteiger partial charge in [0.2, 0.25) is 11.8 Å². The van der Waals surface area contributed by atoms with Crippen LogP contribution in [0.25, 0.3) is 0 Å². The summed E-state index contributed by atoms with van der Waals surface area (Å²) >= 11 is 0. The van der Waals surface area contributed by atoms with Crippen LogP contribution in [0.5, 0.6) is 11.5 Å². The molecule has 0 aliphatic carbocycles. The van der Waals surface area contributed by atoms with E-state index in [1.807, 2.05) is 5.32 Å². The molecule has 18 nitrogen and oxygen atoms in total. The van der Waals surface area contributed by atoms with E-state index in [0.717, 1.165) is 5.56 Å². The number of fused-ring (bicyclic) bond motifs is 1. The Morgan fingerprint density at radius 2 is 1.36 bits per heavy atom. The fourth-order valence-electron chi connectivity index (χ4n) is 7.80. The summed E-state index contributed by atoms with van der Waals surface area (Å²) in [5.74, 6) is -42.1. The van der Waals surface area contributed by atoms with Gasteiger partial charge in [0.25, 0.3) is 5.91 Å². The summed E-state index contributed by atoms with van der Waals surface area (Å²) in [4.78, 5) is 39.6.